The normalized spacial score (nSPS) is 16.3. The Morgan fingerprint density at radius 2 is 1.13 bits per heavy atom. The Morgan fingerprint density at radius 3 is 1.33 bits per heavy atom. The summed E-state index contributed by atoms with van der Waals surface area (Å²) in [4.78, 5) is 0. The molecule has 0 spiro atoms. The molecule has 0 aliphatic carbocycles. The van der Waals surface area contributed by atoms with E-state index >= 15 is 0 Å². The van der Waals surface area contributed by atoms with Gasteiger partial charge in [0.05, 0.1) is 0 Å². The van der Waals surface area contributed by atoms with Gasteiger partial charge in [0.25, 0.3) is 0 Å². The fourth-order valence-corrected chi connectivity index (χ4v) is 0.398. The number of rotatable bonds is 1. The van der Waals surface area contributed by atoms with Crippen molar-refractivity contribution < 1.29 is 44.6 Å². The fraction of sp³-hybridized carbons (Fsp3) is 0.600. The Labute approximate surface area is 75.8 Å². The highest BCUT2D eigenvalue weighted by Crippen LogP contribution is 2.44. The molecule has 0 aromatic carbocycles. The van der Waals surface area contributed by atoms with Crippen LogP contribution in [-0.2, 0) is 0 Å². The van der Waals surface area contributed by atoms with Gasteiger partial charge in [0.15, 0.2) is 0 Å². The quantitative estimate of drug-likeness (QED) is 0.556. The predicted octanol–water partition coefficient (Wildman–Crippen LogP) is 3.49. The maximum atomic E-state index is 12.0. The first-order valence-electron chi connectivity index (χ1n) is 2.92. The molecule has 0 atom stereocenters. The molecular weight excluding hydrogens is 247 g/mol. The van der Waals surface area contributed by atoms with Gasteiger partial charge < -0.3 is 5.11 Å². The molecule has 0 aliphatic rings. The van der Waals surface area contributed by atoms with Gasteiger partial charge in [-0.3, -0.25) is 0 Å². The van der Waals surface area contributed by atoms with Gasteiger partial charge in [-0.05, 0) is 0 Å². The lowest BCUT2D eigenvalue weighted by Gasteiger charge is -2.18. The van der Waals surface area contributed by atoms with Gasteiger partial charge in [-0.15, -0.1) is 0 Å². The molecule has 0 fully saturated rings. The van der Waals surface area contributed by atoms with E-state index in [2.05, 4.69) is 0 Å². The largest absolute Gasteiger partial charge is 0.502 e. The maximum absolute atomic E-state index is 12.0. The average molecular weight is 248 g/mol. The summed E-state index contributed by atoms with van der Waals surface area (Å²) < 4.78 is 104. The highest BCUT2D eigenvalue weighted by Gasteiger charge is 2.64. The van der Waals surface area contributed by atoms with Gasteiger partial charge in [-0.25, -0.2) is 4.39 Å². The minimum atomic E-state index is -6.56. The van der Waals surface area contributed by atoms with Crippen molar-refractivity contribution in [1.29, 1.82) is 0 Å². The summed E-state index contributed by atoms with van der Waals surface area (Å²) in [6, 6.07) is 0. The smallest absolute Gasteiger partial charge is 0.460 e. The lowest BCUT2D eigenvalue weighted by atomic mass is 10.2. The van der Waals surface area contributed by atoms with Crippen LogP contribution in [-0.4, -0.2) is 23.4 Å². The highest BCUT2D eigenvalue weighted by molar-refractivity contribution is 5.15. The summed E-state index contributed by atoms with van der Waals surface area (Å²) in [6.45, 7) is 0. The summed E-state index contributed by atoms with van der Waals surface area (Å²) in [5, 5.41) is 7.75. The SMILES string of the molecule is OC(=C(F)C(F)(F)C(F)(F)F)C(F)(F)F. The zero-order valence-electron chi connectivity index (χ0n) is 6.35. The number of hydrogen-bond donors (Lipinski definition) is 1. The van der Waals surface area contributed by atoms with Crippen LogP contribution in [0.5, 0.6) is 0 Å². The molecule has 1 N–H and O–H groups in total. The molecule has 0 radical (unpaired) electrons. The molecule has 0 bridgehead atoms. The maximum Gasteiger partial charge on any atom is 0.460 e. The van der Waals surface area contributed by atoms with E-state index in [0.29, 0.717) is 0 Å². The Hall–Kier alpha value is -1.09. The van der Waals surface area contributed by atoms with E-state index in [1.54, 1.807) is 0 Å². The van der Waals surface area contributed by atoms with Crippen LogP contribution in [0, 0.1) is 0 Å². The molecular formula is C5HF9O. The summed E-state index contributed by atoms with van der Waals surface area (Å²) in [5.74, 6) is -14.0. The average Bonchev–Trinajstić information content (AvgIpc) is 1.97. The number of allylic oxidation sites excluding steroid dienone is 2. The number of alkyl halides is 8. The molecule has 0 rings (SSSR count). The van der Waals surface area contributed by atoms with Gasteiger partial charge in [-0.1, -0.05) is 0 Å². The van der Waals surface area contributed by atoms with Crippen molar-refractivity contribution in [3.63, 3.8) is 0 Å². The molecule has 0 aromatic rings. The molecule has 0 aliphatic heterocycles. The fourth-order valence-electron chi connectivity index (χ4n) is 0.398. The monoisotopic (exact) mass is 248 g/mol. The molecule has 0 amide bonds. The molecule has 90 valence electrons. The van der Waals surface area contributed by atoms with Crippen molar-refractivity contribution >= 4 is 0 Å². The van der Waals surface area contributed by atoms with E-state index in [4.69, 9.17) is 5.11 Å². The van der Waals surface area contributed by atoms with Crippen molar-refractivity contribution in [2.75, 3.05) is 0 Å². The second-order valence-corrected chi connectivity index (χ2v) is 2.23. The standard InChI is InChI=1S/C5HF9O/c6-1(2(15)4(9,10)11)3(7,8)5(12,13)14/h15H. The van der Waals surface area contributed by atoms with Gasteiger partial charge >= 0.3 is 18.3 Å². The topological polar surface area (TPSA) is 20.2 Å². The van der Waals surface area contributed by atoms with E-state index in [0.717, 1.165) is 0 Å². The van der Waals surface area contributed by atoms with E-state index < -0.39 is 29.9 Å². The number of halogens is 9. The van der Waals surface area contributed by atoms with Gasteiger partial charge in [-0.2, -0.15) is 35.1 Å². The van der Waals surface area contributed by atoms with Gasteiger partial charge in [0.2, 0.25) is 11.6 Å². The van der Waals surface area contributed by atoms with Crippen molar-refractivity contribution in [2.24, 2.45) is 0 Å². The van der Waals surface area contributed by atoms with Crippen LogP contribution in [0.2, 0.25) is 0 Å². The number of aliphatic hydroxyl groups excluding tert-OH is 1. The Bertz CT molecular complexity index is 269. The lowest BCUT2D eigenvalue weighted by Crippen LogP contribution is -2.38. The zero-order valence-corrected chi connectivity index (χ0v) is 6.35. The highest BCUT2D eigenvalue weighted by atomic mass is 19.4. The van der Waals surface area contributed by atoms with E-state index in [1.165, 1.54) is 0 Å². The third-order valence-corrected chi connectivity index (χ3v) is 1.11. The molecule has 0 saturated carbocycles. The van der Waals surface area contributed by atoms with Gasteiger partial charge in [0, 0.05) is 0 Å². The number of aliphatic hydroxyl groups is 1. The third-order valence-electron chi connectivity index (χ3n) is 1.11. The van der Waals surface area contributed by atoms with Crippen molar-refractivity contribution in [2.45, 2.75) is 18.3 Å². The molecule has 0 heterocycles. The molecule has 0 saturated heterocycles. The minimum absolute atomic E-state index is 3.61. The van der Waals surface area contributed by atoms with Crippen molar-refractivity contribution in [1.82, 2.24) is 0 Å². The Morgan fingerprint density at radius 1 is 0.800 bits per heavy atom. The molecule has 0 aromatic heterocycles. The summed E-state index contributed by atoms with van der Waals surface area (Å²) in [7, 11) is 0. The van der Waals surface area contributed by atoms with Crippen LogP contribution < -0.4 is 0 Å². The van der Waals surface area contributed by atoms with Crippen molar-refractivity contribution in [3.05, 3.63) is 11.6 Å². The second kappa shape index (κ2) is 3.49. The van der Waals surface area contributed by atoms with Crippen LogP contribution in [0.3, 0.4) is 0 Å². The van der Waals surface area contributed by atoms with Crippen molar-refractivity contribution in [3.8, 4) is 0 Å². The molecule has 1 nitrogen and oxygen atoms in total. The first-order chi connectivity index (χ1) is 6.32. The van der Waals surface area contributed by atoms with E-state index in [1.807, 2.05) is 0 Å². The predicted molar refractivity (Wildman–Crippen MR) is 27.8 cm³/mol. The number of hydrogen-bond acceptors (Lipinski definition) is 1. The summed E-state index contributed by atoms with van der Waals surface area (Å²) in [5.41, 5.74) is 0. The third kappa shape index (κ3) is 2.69. The molecule has 10 heteroatoms. The first-order valence-corrected chi connectivity index (χ1v) is 2.92. The zero-order chi connectivity index (χ0) is 12.7. The van der Waals surface area contributed by atoms with E-state index in [-0.39, 0.29) is 0 Å². The van der Waals surface area contributed by atoms with E-state index in [9.17, 15) is 39.5 Å². The first kappa shape index (κ1) is 13.9. The summed E-state index contributed by atoms with van der Waals surface area (Å²) >= 11 is 0. The Balaban J connectivity index is 5.44. The van der Waals surface area contributed by atoms with Crippen LogP contribution >= 0.6 is 0 Å². The lowest BCUT2D eigenvalue weighted by molar-refractivity contribution is -0.273. The van der Waals surface area contributed by atoms with Crippen LogP contribution in [0.15, 0.2) is 11.6 Å². The summed E-state index contributed by atoms with van der Waals surface area (Å²) in [6.07, 6.45) is -12.6. The minimum Gasteiger partial charge on any atom is -0.502 e. The Kier molecular flexibility index (Phi) is 3.24. The molecule has 0 unspecified atom stereocenters. The van der Waals surface area contributed by atoms with Crippen LogP contribution in [0.25, 0.3) is 0 Å². The molecule has 15 heavy (non-hydrogen) atoms. The second-order valence-electron chi connectivity index (χ2n) is 2.23. The van der Waals surface area contributed by atoms with Crippen LogP contribution in [0.4, 0.5) is 39.5 Å². The van der Waals surface area contributed by atoms with Gasteiger partial charge in [0.1, 0.15) is 0 Å². The van der Waals surface area contributed by atoms with Crippen LogP contribution in [0.1, 0.15) is 0 Å².